The van der Waals surface area contributed by atoms with Crippen LogP contribution >= 0.6 is 0 Å². The molecule has 1 aliphatic heterocycles. The molecule has 1 rings (SSSR count). The summed E-state index contributed by atoms with van der Waals surface area (Å²) in [4.78, 5) is 22.6. The molecule has 0 amide bonds. The van der Waals surface area contributed by atoms with Crippen molar-refractivity contribution in [2.45, 2.75) is 90.0 Å². The summed E-state index contributed by atoms with van der Waals surface area (Å²) in [5, 5.41) is 0. The fourth-order valence-corrected chi connectivity index (χ4v) is 9.97. The Hall–Kier alpha value is -1.74. The van der Waals surface area contributed by atoms with E-state index < -0.39 is 26.0 Å². The SMILES string of the molecule is COC(=O)/C=C\C(=O)OC/C=C/C=C/[C@H](O[Si](C(C)C)(C(C)C)C(C)C)[C@@H]1COC(C)(C)O1. The number of allylic oxidation sites excluding steroid dienone is 2. The highest BCUT2D eigenvalue weighted by Crippen LogP contribution is 2.44. The zero-order valence-corrected chi connectivity index (χ0v) is 22.6. The van der Waals surface area contributed by atoms with Gasteiger partial charge in [-0.1, -0.05) is 59.8 Å². The fourth-order valence-electron chi connectivity index (χ4n) is 4.45. The van der Waals surface area contributed by atoms with E-state index in [2.05, 4.69) is 46.3 Å². The molecule has 33 heavy (non-hydrogen) atoms. The number of hydrogen-bond acceptors (Lipinski definition) is 7. The van der Waals surface area contributed by atoms with E-state index in [0.29, 0.717) is 23.2 Å². The summed E-state index contributed by atoms with van der Waals surface area (Å²) < 4.78 is 28.4. The van der Waals surface area contributed by atoms with Crippen LogP contribution in [-0.2, 0) is 33.0 Å². The smallest absolute Gasteiger partial charge is 0.331 e. The van der Waals surface area contributed by atoms with E-state index in [-0.39, 0.29) is 18.8 Å². The standard InChI is InChI=1S/C25H42O7Si/c1-18(2)33(19(3)4,20(5)6)32-21(22-17-30-25(7,8)31-22)13-11-10-12-16-29-24(27)15-14-23(26)28-9/h10-15,18-22H,16-17H2,1-9H3/b12-10+,13-11+,15-14-/t21-,22-/m0/s1. The molecule has 1 saturated heterocycles. The fraction of sp³-hybridized carbons (Fsp3) is 0.680. The third-order valence-corrected chi connectivity index (χ3v) is 12.0. The summed E-state index contributed by atoms with van der Waals surface area (Å²) in [6.07, 6.45) is 9.01. The van der Waals surface area contributed by atoms with Crippen LogP contribution in [0, 0.1) is 0 Å². The number of rotatable bonds is 12. The van der Waals surface area contributed by atoms with Gasteiger partial charge in [0.2, 0.25) is 8.32 Å². The first kappa shape index (κ1) is 29.3. The monoisotopic (exact) mass is 482 g/mol. The first-order chi connectivity index (χ1) is 15.4. The van der Waals surface area contributed by atoms with Crippen LogP contribution in [0.1, 0.15) is 55.4 Å². The Morgan fingerprint density at radius 3 is 2.06 bits per heavy atom. The Morgan fingerprint density at radius 2 is 1.58 bits per heavy atom. The van der Waals surface area contributed by atoms with Crippen molar-refractivity contribution in [3.05, 3.63) is 36.5 Å². The Kier molecular flexibility index (Phi) is 11.7. The first-order valence-corrected chi connectivity index (χ1v) is 13.8. The van der Waals surface area contributed by atoms with Gasteiger partial charge in [-0.05, 0) is 36.5 Å². The number of esters is 2. The molecule has 0 unspecified atom stereocenters. The van der Waals surface area contributed by atoms with Crippen LogP contribution in [-0.4, -0.2) is 58.6 Å². The zero-order valence-electron chi connectivity index (χ0n) is 21.6. The highest BCUT2D eigenvalue weighted by atomic mass is 28.4. The second-order valence-electron chi connectivity index (χ2n) is 9.57. The summed E-state index contributed by atoms with van der Waals surface area (Å²) in [6, 6.07) is 0. The summed E-state index contributed by atoms with van der Waals surface area (Å²) >= 11 is 0. The lowest BCUT2D eigenvalue weighted by Crippen LogP contribution is -2.52. The number of ether oxygens (including phenoxy) is 4. The Labute approximate surface area is 200 Å². The third-order valence-electron chi connectivity index (χ3n) is 5.87. The molecular weight excluding hydrogens is 440 g/mol. The third kappa shape index (κ3) is 8.85. The molecule has 2 atom stereocenters. The summed E-state index contributed by atoms with van der Waals surface area (Å²) in [6.45, 7) is 17.9. The van der Waals surface area contributed by atoms with Gasteiger partial charge in [-0.2, -0.15) is 0 Å². The molecule has 0 bridgehead atoms. The van der Waals surface area contributed by atoms with Crippen molar-refractivity contribution in [2.24, 2.45) is 0 Å². The number of carbonyl (C=O) groups is 2. The van der Waals surface area contributed by atoms with Gasteiger partial charge in [0.25, 0.3) is 0 Å². The van der Waals surface area contributed by atoms with Crippen LogP contribution in [0.15, 0.2) is 36.5 Å². The van der Waals surface area contributed by atoms with E-state index in [1.807, 2.05) is 26.0 Å². The molecule has 1 heterocycles. The average molecular weight is 483 g/mol. The summed E-state index contributed by atoms with van der Waals surface area (Å²) in [5.41, 5.74) is 1.32. The van der Waals surface area contributed by atoms with Gasteiger partial charge in [0.1, 0.15) is 12.7 Å². The van der Waals surface area contributed by atoms with Crippen molar-refractivity contribution in [2.75, 3.05) is 20.3 Å². The molecule has 1 aliphatic rings. The quantitative estimate of drug-likeness (QED) is 0.166. The summed E-state index contributed by atoms with van der Waals surface area (Å²) in [7, 11) is -0.902. The maximum Gasteiger partial charge on any atom is 0.331 e. The normalized spacial score (nSPS) is 20.1. The highest BCUT2D eigenvalue weighted by molar-refractivity contribution is 6.77. The maximum atomic E-state index is 11.6. The molecule has 0 radical (unpaired) electrons. The molecule has 1 fully saturated rings. The van der Waals surface area contributed by atoms with Crippen LogP contribution < -0.4 is 0 Å². The Balaban J connectivity index is 2.90. The lowest BCUT2D eigenvalue weighted by atomic mass is 10.2. The molecule has 0 aromatic heterocycles. The maximum absolute atomic E-state index is 11.6. The largest absolute Gasteiger partial charge is 0.466 e. The van der Waals surface area contributed by atoms with Gasteiger partial charge in [0.15, 0.2) is 5.79 Å². The Bertz CT molecular complexity index is 700. The highest BCUT2D eigenvalue weighted by Gasteiger charge is 2.48. The minimum Gasteiger partial charge on any atom is -0.466 e. The van der Waals surface area contributed by atoms with Gasteiger partial charge in [0, 0.05) is 12.2 Å². The molecule has 0 aromatic rings. The molecule has 188 valence electrons. The van der Waals surface area contributed by atoms with E-state index >= 15 is 0 Å². The Morgan fingerprint density at radius 1 is 1.00 bits per heavy atom. The van der Waals surface area contributed by atoms with Crippen molar-refractivity contribution in [3.63, 3.8) is 0 Å². The molecule has 8 heteroatoms. The summed E-state index contributed by atoms with van der Waals surface area (Å²) in [5.74, 6) is -1.86. The van der Waals surface area contributed by atoms with Crippen molar-refractivity contribution in [1.82, 2.24) is 0 Å². The van der Waals surface area contributed by atoms with E-state index in [1.165, 1.54) is 7.11 Å². The zero-order chi connectivity index (χ0) is 25.2. The van der Waals surface area contributed by atoms with Gasteiger partial charge in [-0.25, -0.2) is 9.59 Å². The van der Waals surface area contributed by atoms with Crippen LogP contribution in [0.25, 0.3) is 0 Å². The van der Waals surface area contributed by atoms with Gasteiger partial charge in [-0.3, -0.25) is 0 Å². The van der Waals surface area contributed by atoms with Gasteiger partial charge in [0.05, 0.1) is 19.8 Å². The minimum atomic E-state index is -2.14. The molecule has 0 N–H and O–H groups in total. The van der Waals surface area contributed by atoms with Crippen LogP contribution in [0.5, 0.6) is 0 Å². The number of carbonyl (C=O) groups excluding carboxylic acids is 2. The van der Waals surface area contributed by atoms with Crippen LogP contribution in [0.2, 0.25) is 16.6 Å². The van der Waals surface area contributed by atoms with E-state index in [4.69, 9.17) is 18.6 Å². The number of hydrogen-bond donors (Lipinski definition) is 0. The molecule has 0 saturated carbocycles. The van der Waals surface area contributed by atoms with Gasteiger partial charge < -0.3 is 23.4 Å². The molecule has 7 nitrogen and oxygen atoms in total. The lowest BCUT2D eigenvalue weighted by molar-refractivity contribution is -0.146. The van der Waals surface area contributed by atoms with Crippen molar-refractivity contribution in [1.29, 1.82) is 0 Å². The predicted octanol–water partition coefficient (Wildman–Crippen LogP) is 5.08. The van der Waals surface area contributed by atoms with Crippen LogP contribution in [0.3, 0.4) is 0 Å². The van der Waals surface area contributed by atoms with Crippen LogP contribution in [0.4, 0.5) is 0 Å². The minimum absolute atomic E-state index is 0.0823. The van der Waals surface area contributed by atoms with Gasteiger partial charge in [-0.15, -0.1) is 0 Å². The van der Waals surface area contributed by atoms with Crippen molar-refractivity contribution < 1.29 is 33.0 Å². The van der Waals surface area contributed by atoms with E-state index in [1.54, 1.807) is 12.2 Å². The molecule has 0 aliphatic carbocycles. The molecular formula is C25H42O7Si. The lowest BCUT2D eigenvalue weighted by Gasteiger charge is -2.45. The number of methoxy groups -OCH3 is 1. The first-order valence-electron chi connectivity index (χ1n) is 11.6. The van der Waals surface area contributed by atoms with Gasteiger partial charge >= 0.3 is 11.9 Å². The van der Waals surface area contributed by atoms with Crippen molar-refractivity contribution in [3.8, 4) is 0 Å². The van der Waals surface area contributed by atoms with E-state index in [9.17, 15) is 9.59 Å². The molecule has 0 aromatic carbocycles. The molecule has 0 spiro atoms. The van der Waals surface area contributed by atoms with Crippen molar-refractivity contribution >= 4 is 20.3 Å². The topological polar surface area (TPSA) is 80.3 Å². The predicted molar refractivity (Wildman–Crippen MR) is 131 cm³/mol. The average Bonchev–Trinajstić information content (AvgIpc) is 3.09. The second-order valence-corrected chi connectivity index (χ2v) is 15.0. The van der Waals surface area contributed by atoms with E-state index in [0.717, 1.165) is 12.2 Å². The second kappa shape index (κ2) is 13.2.